The summed E-state index contributed by atoms with van der Waals surface area (Å²) in [5, 5.41) is 3.12. The van der Waals surface area contributed by atoms with Gasteiger partial charge in [0, 0.05) is 28.2 Å². The van der Waals surface area contributed by atoms with Crippen molar-refractivity contribution >= 4 is 23.6 Å². The molecular weight excluding hydrogens is 392 g/mol. The number of likely N-dealkylation sites (tertiary alicyclic amines) is 2. The number of amides is 4. The molecule has 0 radical (unpaired) electrons. The third-order valence-electron chi connectivity index (χ3n) is 6.67. The molecule has 4 saturated heterocycles. The zero-order chi connectivity index (χ0) is 21.5. The first-order chi connectivity index (χ1) is 14.2. The third kappa shape index (κ3) is 2.38. The number of hydroxylamine groups is 4. The number of hydrogen-bond acceptors (Lipinski definition) is 8. The molecule has 1 aromatic rings. The normalized spacial score (nSPS) is 36.9. The van der Waals surface area contributed by atoms with Crippen molar-refractivity contribution in [3.05, 3.63) is 35.4 Å². The fourth-order valence-corrected chi connectivity index (χ4v) is 5.10. The maximum atomic E-state index is 12.6. The highest BCUT2D eigenvalue weighted by Gasteiger charge is 2.59. The summed E-state index contributed by atoms with van der Waals surface area (Å²) in [5.41, 5.74) is 1.66. The van der Waals surface area contributed by atoms with Crippen LogP contribution in [0.4, 0.5) is 0 Å². The van der Waals surface area contributed by atoms with E-state index in [1.54, 1.807) is 24.2 Å². The fraction of sp³-hybridized carbons (Fsp3) is 0.500. The van der Waals surface area contributed by atoms with E-state index in [1.807, 2.05) is 24.3 Å². The van der Waals surface area contributed by atoms with Crippen LogP contribution in [0.1, 0.15) is 23.2 Å². The van der Waals surface area contributed by atoms with Crippen molar-refractivity contribution in [1.29, 1.82) is 0 Å². The average Bonchev–Trinajstić information content (AvgIpc) is 3.37. The largest absolute Gasteiger partial charge is 0.284 e. The lowest BCUT2D eigenvalue weighted by Crippen LogP contribution is -2.33. The zero-order valence-electron chi connectivity index (χ0n) is 17.0. The first-order valence-electron chi connectivity index (χ1n) is 9.74. The Hall–Kier alpha value is -2.66. The highest BCUT2D eigenvalue weighted by Crippen LogP contribution is 2.45. The van der Waals surface area contributed by atoms with E-state index in [9.17, 15) is 19.2 Å². The Balaban J connectivity index is 1.44. The van der Waals surface area contributed by atoms with Gasteiger partial charge in [0.1, 0.15) is 0 Å². The second kappa shape index (κ2) is 6.42. The number of carbonyl (C=O) groups excluding carboxylic acids is 4. The van der Waals surface area contributed by atoms with Crippen LogP contribution in [0.5, 0.6) is 0 Å². The fourth-order valence-electron chi connectivity index (χ4n) is 5.10. The lowest BCUT2D eigenvalue weighted by Gasteiger charge is -2.25. The molecular formula is C20H22N4O6. The molecule has 4 aliphatic rings. The van der Waals surface area contributed by atoms with E-state index in [-0.39, 0.29) is 23.6 Å². The van der Waals surface area contributed by atoms with E-state index >= 15 is 0 Å². The molecule has 4 heterocycles. The molecule has 158 valence electrons. The first-order valence-corrected chi connectivity index (χ1v) is 9.74. The van der Waals surface area contributed by atoms with Gasteiger partial charge in [0.05, 0.1) is 23.9 Å². The molecule has 4 amide bonds. The van der Waals surface area contributed by atoms with Crippen molar-refractivity contribution in [3.63, 3.8) is 0 Å². The predicted octanol–water partition coefficient (Wildman–Crippen LogP) is -0.510. The molecule has 0 unspecified atom stereocenters. The van der Waals surface area contributed by atoms with Gasteiger partial charge in [-0.3, -0.25) is 38.7 Å². The Kier molecular flexibility index (Phi) is 4.13. The van der Waals surface area contributed by atoms with Gasteiger partial charge in [-0.15, -0.1) is 0 Å². The average molecular weight is 414 g/mol. The number of carbonyl (C=O) groups is 4. The van der Waals surface area contributed by atoms with Crippen LogP contribution in [0.25, 0.3) is 0 Å². The number of hydrogen-bond donors (Lipinski definition) is 0. The minimum Gasteiger partial charge on any atom is -0.284 e. The summed E-state index contributed by atoms with van der Waals surface area (Å²) in [7, 11) is 6.35. The minimum absolute atomic E-state index is 0.256. The number of imide groups is 2. The van der Waals surface area contributed by atoms with Crippen LogP contribution in [0, 0.1) is 11.8 Å². The molecule has 30 heavy (non-hydrogen) atoms. The van der Waals surface area contributed by atoms with Crippen LogP contribution >= 0.6 is 0 Å². The predicted molar refractivity (Wildman–Crippen MR) is 99.7 cm³/mol. The van der Waals surface area contributed by atoms with Gasteiger partial charge < -0.3 is 0 Å². The minimum atomic E-state index is -0.801. The highest BCUT2D eigenvalue weighted by molar-refractivity contribution is 6.07. The van der Waals surface area contributed by atoms with Gasteiger partial charge in [-0.05, 0) is 11.1 Å². The summed E-state index contributed by atoms with van der Waals surface area (Å²) in [5.74, 6) is -2.37. The molecule has 0 spiro atoms. The van der Waals surface area contributed by atoms with Crippen LogP contribution < -0.4 is 0 Å². The maximum absolute atomic E-state index is 12.6. The van der Waals surface area contributed by atoms with Crippen LogP contribution in [0.2, 0.25) is 0 Å². The molecule has 4 aliphatic heterocycles. The Morgan fingerprint density at radius 2 is 0.933 bits per heavy atom. The van der Waals surface area contributed by atoms with Gasteiger partial charge in [0.15, 0.2) is 12.2 Å². The maximum Gasteiger partial charge on any atom is 0.261 e. The van der Waals surface area contributed by atoms with Crippen molar-refractivity contribution in [3.8, 4) is 0 Å². The van der Waals surface area contributed by atoms with E-state index in [4.69, 9.17) is 9.68 Å². The molecule has 10 nitrogen and oxygen atoms in total. The molecule has 0 N–H and O–H groups in total. The molecule has 0 aliphatic carbocycles. The van der Waals surface area contributed by atoms with E-state index < -0.39 is 36.1 Å². The standard InChI is InChI=1S/C20H22N4O6/c1-21-17(25)11-13(23(3)29-15(11)19(21)27)9-5-7-10(8-6-9)14-12-16(30-24(14)4)20(28)22(2)18(12)26/h5-8,11-16H,1-4H3/t11-,12-,13+,14+,15+,16+/m0/s1. The molecule has 5 rings (SSSR count). The lowest BCUT2D eigenvalue weighted by atomic mass is 9.87. The summed E-state index contributed by atoms with van der Waals surface area (Å²) in [6.07, 6.45) is -1.60. The van der Waals surface area contributed by atoms with E-state index in [0.29, 0.717) is 0 Å². The van der Waals surface area contributed by atoms with E-state index in [2.05, 4.69) is 0 Å². The summed E-state index contributed by atoms with van der Waals surface area (Å²) in [6.45, 7) is 0. The molecule has 4 fully saturated rings. The summed E-state index contributed by atoms with van der Waals surface area (Å²) >= 11 is 0. The van der Waals surface area contributed by atoms with Gasteiger partial charge in [-0.25, -0.2) is 0 Å². The quantitative estimate of drug-likeness (QED) is 0.597. The Labute approximate surface area is 172 Å². The zero-order valence-corrected chi connectivity index (χ0v) is 17.0. The van der Waals surface area contributed by atoms with Crippen LogP contribution in [0.15, 0.2) is 24.3 Å². The number of nitrogens with zero attached hydrogens (tertiary/aromatic N) is 4. The van der Waals surface area contributed by atoms with Gasteiger partial charge in [-0.2, -0.15) is 10.1 Å². The molecule has 6 atom stereocenters. The van der Waals surface area contributed by atoms with Gasteiger partial charge in [0.25, 0.3) is 11.8 Å². The number of likely N-dealkylation sites (N-methyl/N-ethyl adjacent to an activating group) is 2. The molecule has 10 heteroatoms. The smallest absolute Gasteiger partial charge is 0.261 e. The SMILES string of the molecule is CN1C(=O)[C@H]2[C@@H](c3ccc([C@@H]4[C@@H]5C(=O)N(C)C(=O)[C@@H]5ON4C)cc3)N(C)O[C@H]2C1=O. The van der Waals surface area contributed by atoms with Crippen LogP contribution in [0.3, 0.4) is 0 Å². The molecule has 0 aromatic heterocycles. The number of rotatable bonds is 2. The van der Waals surface area contributed by atoms with Crippen molar-refractivity contribution in [2.24, 2.45) is 11.8 Å². The highest BCUT2D eigenvalue weighted by atomic mass is 16.7. The second-order valence-electron chi connectivity index (χ2n) is 8.22. The van der Waals surface area contributed by atoms with E-state index in [1.165, 1.54) is 14.1 Å². The van der Waals surface area contributed by atoms with Crippen molar-refractivity contribution < 1.29 is 28.9 Å². The van der Waals surface area contributed by atoms with Gasteiger partial charge in [-0.1, -0.05) is 24.3 Å². The molecule has 1 aromatic carbocycles. The first kappa shape index (κ1) is 19.3. The topological polar surface area (TPSA) is 99.7 Å². The van der Waals surface area contributed by atoms with Crippen LogP contribution in [-0.2, 0) is 28.9 Å². The molecule has 0 saturated carbocycles. The number of fused-ring (bicyclic) bond motifs is 2. The van der Waals surface area contributed by atoms with Crippen molar-refractivity contribution in [1.82, 2.24) is 19.9 Å². The summed E-state index contributed by atoms with van der Waals surface area (Å²) in [4.78, 5) is 63.2. The lowest BCUT2D eigenvalue weighted by molar-refractivity contribution is -0.169. The Morgan fingerprint density at radius 1 is 0.600 bits per heavy atom. The summed E-state index contributed by atoms with van der Waals surface area (Å²) in [6, 6.07) is 6.68. The molecule has 0 bridgehead atoms. The van der Waals surface area contributed by atoms with Crippen molar-refractivity contribution in [2.75, 3.05) is 28.2 Å². The van der Waals surface area contributed by atoms with E-state index in [0.717, 1.165) is 20.9 Å². The summed E-state index contributed by atoms with van der Waals surface area (Å²) < 4.78 is 0. The number of benzene rings is 1. The van der Waals surface area contributed by atoms with Gasteiger partial charge >= 0.3 is 0 Å². The monoisotopic (exact) mass is 414 g/mol. The Bertz CT molecular complexity index is 888. The van der Waals surface area contributed by atoms with Crippen molar-refractivity contribution in [2.45, 2.75) is 24.3 Å². The van der Waals surface area contributed by atoms with Crippen LogP contribution in [-0.4, -0.2) is 84.0 Å². The van der Waals surface area contributed by atoms with Gasteiger partial charge in [0.2, 0.25) is 11.8 Å². The third-order valence-corrected chi connectivity index (χ3v) is 6.67. The Morgan fingerprint density at radius 3 is 1.27 bits per heavy atom. The second-order valence-corrected chi connectivity index (χ2v) is 8.22.